The van der Waals surface area contributed by atoms with Gasteiger partial charge in [-0.1, -0.05) is 6.92 Å². The van der Waals surface area contributed by atoms with Crippen molar-refractivity contribution in [1.29, 1.82) is 0 Å². The first-order valence-corrected chi connectivity index (χ1v) is 6.41. The van der Waals surface area contributed by atoms with Crippen molar-refractivity contribution in [2.75, 3.05) is 18.1 Å². The quantitative estimate of drug-likeness (QED) is 0.793. The summed E-state index contributed by atoms with van der Waals surface area (Å²) in [6.07, 6.45) is 0. The number of nitrogens with two attached hydrogens (primary N) is 1. The molecule has 0 amide bonds. The van der Waals surface area contributed by atoms with Crippen LogP contribution in [0.3, 0.4) is 0 Å². The molecule has 1 aromatic rings. The van der Waals surface area contributed by atoms with Crippen molar-refractivity contribution < 1.29 is 13.2 Å². The zero-order valence-electron chi connectivity index (χ0n) is 8.86. The number of hydrogen-bond acceptors (Lipinski definition) is 4. The maximum Gasteiger partial charge on any atom is 0.178 e. The number of ether oxygens (including phenoxy) is 1. The fourth-order valence-corrected chi connectivity index (χ4v) is 2.05. The fourth-order valence-electron chi connectivity index (χ4n) is 1.16. The van der Waals surface area contributed by atoms with E-state index in [1.807, 2.05) is 6.92 Å². The van der Waals surface area contributed by atoms with Crippen molar-refractivity contribution in [2.45, 2.75) is 18.7 Å². The number of hydrogen-bond donors (Lipinski definition) is 1. The zero-order chi connectivity index (χ0) is 11.5. The van der Waals surface area contributed by atoms with Gasteiger partial charge in [-0.15, -0.1) is 0 Å². The average molecular weight is 229 g/mol. The second-order valence-electron chi connectivity index (χ2n) is 3.04. The molecule has 0 atom stereocenters. The molecule has 0 saturated carbocycles. The van der Waals surface area contributed by atoms with Crippen LogP contribution in [-0.2, 0) is 9.84 Å². The average Bonchev–Trinajstić information content (AvgIpc) is 2.21. The third-order valence-corrected chi connectivity index (χ3v) is 3.76. The van der Waals surface area contributed by atoms with E-state index < -0.39 is 9.84 Å². The van der Waals surface area contributed by atoms with Gasteiger partial charge in [0, 0.05) is 6.07 Å². The van der Waals surface area contributed by atoms with Crippen LogP contribution in [0.15, 0.2) is 23.1 Å². The van der Waals surface area contributed by atoms with E-state index in [0.717, 1.165) is 0 Å². The molecule has 0 aliphatic heterocycles. The summed E-state index contributed by atoms with van der Waals surface area (Å²) in [7, 11) is -3.19. The molecule has 1 aromatic carbocycles. The lowest BCUT2D eigenvalue weighted by Crippen LogP contribution is -2.05. The Hall–Kier alpha value is -1.23. The minimum Gasteiger partial charge on any atom is -0.492 e. The Labute approximate surface area is 90.0 Å². The van der Waals surface area contributed by atoms with Crippen LogP contribution < -0.4 is 10.5 Å². The van der Waals surface area contributed by atoms with E-state index in [0.29, 0.717) is 18.0 Å². The van der Waals surface area contributed by atoms with Gasteiger partial charge in [-0.3, -0.25) is 0 Å². The number of sulfone groups is 1. The normalized spacial score (nSPS) is 11.3. The molecule has 2 N–H and O–H groups in total. The summed E-state index contributed by atoms with van der Waals surface area (Å²) in [5.74, 6) is 0.495. The van der Waals surface area contributed by atoms with Crippen LogP contribution in [0.2, 0.25) is 0 Å². The highest BCUT2D eigenvalue weighted by molar-refractivity contribution is 7.91. The lowest BCUT2D eigenvalue weighted by Gasteiger charge is -2.08. The Bertz CT molecular complexity index is 440. The Balaban J connectivity index is 3.19. The van der Waals surface area contributed by atoms with E-state index in [4.69, 9.17) is 10.5 Å². The van der Waals surface area contributed by atoms with E-state index >= 15 is 0 Å². The Kier molecular flexibility index (Phi) is 3.57. The minimum absolute atomic E-state index is 0.0719. The maximum absolute atomic E-state index is 11.6. The molecule has 1 rings (SSSR count). The molecule has 0 fully saturated rings. The summed E-state index contributed by atoms with van der Waals surface area (Å²) < 4.78 is 28.4. The standard InChI is InChI=1S/C10H15NO3S/c1-3-14-10-7-8(5-6-9(10)11)15(12,13)4-2/h5-7H,3-4,11H2,1-2H3. The van der Waals surface area contributed by atoms with Crippen LogP contribution in [0.1, 0.15) is 13.8 Å². The van der Waals surface area contributed by atoms with Crippen molar-refractivity contribution in [2.24, 2.45) is 0 Å². The molecule has 84 valence electrons. The van der Waals surface area contributed by atoms with E-state index in [2.05, 4.69) is 0 Å². The molecule has 0 aromatic heterocycles. The van der Waals surface area contributed by atoms with Crippen molar-refractivity contribution in [3.05, 3.63) is 18.2 Å². The summed E-state index contributed by atoms with van der Waals surface area (Å²) in [5.41, 5.74) is 6.09. The van der Waals surface area contributed by atoms with Crippen molar-refractivity contribution in [1.82, 2.24) is 0 Å². The molecule has 0 bridgehead atoms. The first-order valence-electron chi connectivity index (χ1n) is 4.76. The molecule has 15 heavy (non-hydrogen) atoms. The van der Waals surface area contributed by atoms with Gasteiger partial charge < -0.3 is 10.5 Å². The van der Waals surface area contributed by atoms with Gasteiger partial charge in [-0.05, 0) is 19.1 Å². The van der Waals surface area contributed by atoms with Gasteiger partial charge in [-0.25, -0.2) is 8.42 Å². The molecule has 0 aliphatic rings. The first-order chi connectivity index (χ1) is 7.01. The Morgan fingerprint density at radius 1 is 1.33 bits per heavy atom. The second kappa shape index (κ2) is 4.53. The van der Waals surface area contributed by atoms with Crippen LogP contribution in [-0.4, -0.2) is 20.8 Å². The van der Waals surface area contributed by atoms with Gasteiger partial charge in [-0.2, -0.15) is 0 Å². The smallest absolute Gasteiger partial charge is 0.178 e. The number of anilines is 1. The van der Waals surface area contributed by atoms with E-state index in [9.17, 15) is 8.42 Å². The third-order valence-electron chi connectivity index (χ3n) is 2.02. The summed E-state index contributed by atoms with van der Waals surface area (Å²) in [4.78, 5) is 0.252. The first kappa shape index (κ1) is 11.8. The number of nitrogen functional groups attached to an aromatic ring is 1. The molecule has 4 nitrogen and oxygen atoms in total. The van der Waals surface area contributed by atoms with Crippen LogP contribution in [0.4, 0.5) is 5.69 Å². The molecule has 5 heteroatoms. The molecule has 0 unspecified atom stereocenters. The van der Waals surface area contributed by atoms with Gasteiger partial charge in [0.2, 0.25) is 0 Å². The lowest BCUT2D eigenvalue weighted by molar-refractivity contribution is 0.341. The minimum atomic E-state index is -3.19. The highest BCUT2D eigenvalue weighted by Gasteiger charge is 2.13. The molecule has 0 heterocycles. The molecular formula is C10H15NO3S. The van der Waals surface area contributed by atoms with Crippen molar-refractivity contribution >= 4 is 15.5 Å². The van der Waals surface area contributed by atoms with E-state index in [-0.39, 0.29) is 10.6 Å². The summed E-state index contributed by atoms with van der Waals surface area (Å²) in [6, 6.07) is 4.52. The summed E-state index contributed by atoms with van der Waals surface area (Å²) >= 11 is 0. The van der Waals surface area contributed by atoms with Crippen LogP contribution in [0.25, 0.3) is 0 Å². The van der Waals surface area contributed by atoms with Gasteiger partial charge in [0.1, 0.15) is 5.75 Å². The highest BCUT2D eigenvalue weighted by atomic mass is 32.2. The molecule has 0 aliphatic carbocycles. The monoisotopic (exact) mass is 229 g/mol. The Morgan fingerprint density at radius 3 is 2.53 bits per heavy atom. The van der Waals surface area contributed by atoms with Crippen molar-refractivity contribution in [3.8, 4) is 5.75 Å². The van der Waals surface area contributed by atoms with Gasteiger partial charge in [0.25, 0.3) is 0 Å². The Morgan fingerprint density at radius 2 is 2.00 bits per heavy atom. The molecule has 0 spiro atoms. The lowest BCUT2D eigenvalue weighted by atomic mass is 10.3. The molecular weight excluding hydrogens is 214 g/mol. The van der Waals surface area contributed by atoms with Crippen molar-refractivity contribution in [3.63, 3.8) is 0 Å². The zero-order valence-corrected chi connectivity index (χ0v) is 9.67. The largest absolute Gasteiger partial charge is 0.492 e. The van der Waals surface area contributed by atoms with Crippen LogP contribution in [0, 0.1) is 0 Å². The van der Waals surface area contributed by atoms with E-state index in [1.54, 1.807) is 13.0 Å². The number of rotatable bonds is 4. The van der Waals surface area contributed by atoms with Crippen LogP contribution in [0.5, 0.6) is 5.75 Å². The predicted octanol–water partition coefficient (Wildman–Crippen LogP) is 1.46. The van der Waals surface area contributed by atoms with Gasteiger partial charge in [0.05, 0.1) is 22.9 Å². The van der Waals surface area contributed by atoms with E-state index in [1.165, 1.54) is 12.1 Å². The van der Waals surface area contributed by atoms with Crippen LogP contribution >= 0.6 is 0 Å². The number of benzene rings is 1. The fraction of sp³-hybridized carbons (Fsp3) is 0.400. The van der Waals surface area contributed by atoms with Gasteiger partial charge in [0.15, 0.2) is 9.84 Å². The highest BCUT2D eigenvalue weighted by Crippen LogP contribution is 2.25. The molecule has 0 saturated heterocycles. The topological polar surface area (TPSA) is 69.4 Å². The second-order valence-corrected chi connectivity index (χ2v) is 5.31. The summed E-state index contributed by atoms with van der Waals surface area (Å²) in [6.45, 7) is 3.88. The third kappa shape index (κ3) is 2.62. The van der Waals surface area contributed by atoms with Gasteiger partial charge >= 0.3 is 0 Å². The molecule has 0 radical (unpaired) electrons. The predicted molar refractivity (Wildman–Crippen MR) is 59.8 cm³/mol. The SMILES string of the molecule is CCOc1cc(S(=O)(=O)CC)ccc1N. The summed E-state index contributed by atoms with van der Waals surface area (Å²) in [5, 5.41) is 0. The maximum atomic E-state index is 11.6.